The Balaban J connectivity index is 0.00000264. The number of ether oxygens (including phenoxy) is 1. The summed E-state index contributed by atoms with van der Waals surface area (Å²) in [5.74, 6) is 0.384. The minimum Gasteiger partial charge on any atom is -0.380 e. The molecular weight excluding hydrogens is 405 g/mol. The summed E-state index contributed by atoms with van der Waals surface area (Å²) in [5, 5.41) is 7.53. The first-order valence-electron chi connectivity index (χ1n) is 7.29. The molecule has 0 aliphatic rings. The number of benzene rings is 1. The van der Waals surface area contributed by atoms with E-state index in [2.05, 4.69) is 22.3 Å². The predicted molar refractivity (Wildman–Crippen MR) is 104 cm³/mol. The Morgan fingerprint density at radius 2 is 2.09 bits per heavy atom. The molecule has 0 bridgehead atoms. The van der Waals surface area contributed by atoms with Crippen molar-refractivity contribution in [2.24, 2.45) is 17.8 Å². The lowest BCUT2D eigenvalue weighted by Gasteiger charge is -2.10. The maximum Gasteiger partial charge on any atom is 0.193 e. The van der Waals surface area contributed by atoms with Gasteiger partial charge in [-0.3, -0.25) is 4.68 Å². The van der Waals surface area contributed by atoms with Crippen LogP contribution in [0.4, 0.5) is 5.69 Å². The van der Waals surface area contributed by atoms with Gasteiger partial charge in [-0.2, -0.15) is 5.10 Å². The van der Waals surface area contributed by atoms with Gasteiger partial charge in [-0.05, 0) is 12.5 Å². The van der Waals surface area contributed by atoms with Crippen LogP contribution in [0.25, 0.3) is 0 Å². The number of aryl methyl sites for hydroxylation is 2. The predicted octanol–water partition coefficient (Wildman–Crippen LogP) is 2.67. The Bertz CT molecular complexity index is 654. The Labute approximate surface area is 154 Å². The van der Waals surface area contributed by atoms with E-state index < -0.39 is 0 Å². The van der Waals surface area contributed by atoms with Gasteiger partial charge in [0.25, 0.3) is 0 Å². The molecule has 0 saturated heterocycles. The van der Waals surface area contributed by atoms with Crippen LogP contribution in [-0.4, -0.2) is 22.8 Å². The Hall–Kier alpha value is -1.61. The molecule has 0 unspecified atom stereocenters. The van der Waals surface area contributed by atoms with Crippen molar-refractivity contribution in [1.29, 1.82) is 0 Å². The first-order valence-corrected chi connectivity index (χ1v) is 7.29. The van der Waals surface area contributed by atoms with Crippen molar-refractivity contribution in [1.82, 2.24) is 9.78 Å². The van der Waals surface area contributed by atoms with Gasteiger partial charge in [0.2, 0.25) is 0 Å². The van der Waals surface area contributed by atoms with Crippen molar-refractivity contribution in [2.75, 3.05) is 12.4 Å². The van der Waals surface area contributed by atoms with Crippen molar-refractivity contribution in [3.63, 3.8) is 0 Å². The first kappa shape index (κ1) is 19.4. The average Bonchev–Trinajstić information content (AvgIpc) is 2.87. The number of hydrogen-bond donors (Lipinski definition) is 2. The third-order valence-electron chi connectivity index (χ3n) is 3.33. The third kappa shape index (κ3) is 5.51. The summed E-state index contributed by atoms with van der Waals surface area (Å²) in [6.45, 7) is 3.12. The fourth-order valence-corrected chi connectivity index (χ4v) is 2.28. The number of hydrogen-bond acceptors (Lipinski definition) is 3. The van der Waals surface area contributed by atoms with Crippen LogP contribution >= 0.6 is 24.0 Å². The van der Waals surface area contributed by atoms with Gasteiger partial charge in [0.1, 0.15) is 0 Å². The second-order valence-corrected chi connectivity index (χ2v) is 5.04. The van der Waals surface area contributed by atoms with E-state index in [1.54, 1.807) is 11.8 Å². The van der Waals surface area contributed by atoms with Gasteiger partial charge >= 0.3 is 0 Å². The quantitative estimate of drug-likeness (QED) is 0.421. The number of nitrogens with zero attached hydrogens (tertiary/aromatic N) is 3. The van der Waals surface area contributed by atoms with Crippen molar-refractivity contribution in [3.05, 3.63) is 47.3 Å². The SMILES string of the molecule is CCc1nn(C)cc1CN=C(N)Nc1ccccc1COC.I. The summed E-state index contributed by atoms with van der Waals surface area (Å²) in [7, 11) is 3.58. The van der Waals surface area contributed by atoms with Crippen molar-refractivity contribution >= 4 is 35.6 Å². The van der Waals surface area contributed by atoms with Crippen molar-refractivity contribution < 1.29 is 4.74 Å². The Kier molecular flexibility index (Phi) is 8.04. The lowest BCUT2D eigenvalue weighted by molar-refractivity contribution is 0.185. The highest BCUT2D eigenvalue weighted by atomic mass is 127. The maximum absolute atomic E-state index is 5.99. The van der Waals surface area contributed by atoms with Crippen molar-refractivity contribution in [2.45, 2.75) is 26.5 Å². The number of nitrogens with one attached hydrogen (secondary N) is 1. The number of methoxy groups -OCH3 is 1. The summed E-state index contributed by atoms with van der Waals surface area (Å²) in [4.78, 5) is 4.40. The molecule has 126 valence electrons. The maximum atomic E-state index is 5.99. The Morgan fingerprint density at radius 1 is 1.35 bits per heavy atom. The van der Waals surface area contributed by atoms with E-state index in [0.717, 1.165) is 28.9 Å². The molecule has 3 N–H and O–H groups in total. The number of nitrogens with two attached hydrogens (primary N) is 1. The van der Waals surface area contributed by atoms with Crippen LogP contribution in [0.2, 0.25) is 0 Å². The van der Waals surface area contributed by atoms with Crippen LogP contribution in [0.15, 0.2) is 35.5 Å². The average molecular weight is 429 g/mol. The lowest BCUT2D eigenvalue weighted by Crippen LogP contribution is -2.23. The molecule has 0 aliphatic heterocycles. The minimum absolute atomic E-state index is 0. The molecule has 0 spiro atoms. The third-order valence-corrected chi connectivity index (χ3v) is 3.33. The summed E-state index contributed by atoms with van der Waals surface area (Å²) >= 11 is 0. The topological polar surface area (TPSA) is 77.5 Å². The van der Waals surface area contributed by atoms with E-state index in [4.69, 9.17) is 10.5 Å². The summed E-state index contributed by atoms with van der Waals surface area (Å²) in [6.07, 6.45) is 2.87. The Morgan fingerprint density at radius 3 is 2.78 bits per heavy atom. The summed E-state index contributed by atoms with van der Waals surface area (Å²) in [5.41, 5.74) is 10.1. The highest BCUT2D eigenvalue weighted by Crippen LogP contribution is 2.15. The molecule has 6 nitrogen and oxygen atoms in total. The standard InChI is InChI=1S/C16H23N5O.HI/c1-4-14-13(10-21(2)20-14)9-18-16(17)19-15-8-6-5-7-12(15)11-22-3;/h5-8,10H,4,9,11H2,1-3H3,(H3,17,18,19);1H. The second-order valence-electron chi connectivity index (χ2n) is 5.04. The lowest BCUT2D eigenvalue weighted by atomic mass is 10.2. The van der Waals surface area contributed by atoms with E-state index in [-0.39, 0.29) is 24.0 Å². The molecule has 2 aromatic rings. The fraction of sp³-hybridized carbons (Fsp3) is 0.375. The smallest absolute Gasteiger partial charge is 0.193 e. The molecule has 1 heterocycles. The van der Waals surface area contributed by atoms with Gasteiger partial charge in [0, 0.05) is 37.2 Å². The molecule has 0 radical (unpaired) electrons. The monoisotopic (exact) mass is 429 g/mol. The molecule has 0 saturated carbocycles. The van der Waals surface area contributed by atoms with Crippen LogP contribution < -0.4 is 11.1 Å². The van der Waals surface area contributed by atoms with Crippen LogP contribution in [-0.2, 0) is 31.4 Å². The van der Waals surface area contributed by atoms with E-state index in [9.17, 15) is 0 Å². The van der Waals surface area contributed by atoms with Crippen LogP contribution in [0, 0.1) is 0 Å². The van der Waals surface area contributed by atoms with Crippen molar-refractivity contribution in [3.8, 4) is 0 Å². The molecule has 0 fully saturated rings. The van der Waals surface area contributed by atoms with Crippen LogP contribution in [0.5, 0.6) is 0 Å². The van der Waals surface area contributed by atoms with E-state index in [1.165, 1.54) is 0 Å². The summed E-state index contributed by atoms with van der Waals surface area (Å²) in [6, 6.07) is 7.87. The van der Waals surface area contributed by atoms with E-state index >= 15 is 0 Å². The first-order chi connectivity index (χ1) is 10.6. The van der Waals surface area contributed by atoms with Gasteiger partial charge in [-0.15, -0.1) is 24.0 Å². The van der Waals surface area contributed by atoms with Gasteiger partial charge in [-0.1, -0.05) is 25.1 Å². The number of aromatic nitrogens is 2. The van der Waals surface area contributed by atoms with Gasteiger partial charge in [0.05, 0.1) is 18.8 Å². The van der Waals surface area contributed by atoms with Gasteiger partial charge < -0.3 is 15.8 Å². The fourth-order valence-electron chi connectivity index (χ4n) is 2.28. The highest BCUT2D eigenvalue weighted by molar-refractivity contribution is 14.0. The molecule has 0 atom stereocenters. The zero-order valence-corrected chi connectivity index (χ0v) is 16.1. The van der Waals surface area contributed by atoms with E-state index in [1.807, 2.05) is 37.5 Å². The second kappa shape index (κ2) is 9.51. The number of anilines is 1. The molecule has 0 amide bonds. The molecule has 1 aromatic heterocycles. The molecular formula is C16H24IN5O. The highest BCUT2D eigenvalue weighted by Gasteiger charge is 2.06. The minimum atomic E-state index is 0. The number of aliphatic imine (C=N–C) groups is 1. The molecule has 2 rings (SSSR count). The number of para-hydroxylation sites is 1. The molecule has 0 aliphatic carbocycles. The number of halogens is 1. The zero-order chi connectivity index (χ0) is 15.9. The summed E-state index contributed by atoms with van der Waals surface area (Å²) < 4.78 is 6.99. The largest absolute Gasteiger partial charge is 0.380 e. The molecule has 1 aromatic carbocycles. The number of rotatable bonds is 6. The van der Waals surface area contributed by atoms with Gasteiger partial charge in [-0.25, -0.2) is 4.99 Å². The number of guanidine groups is 1. The van der Waals surface area contributed by atoms with Crippen LogP contribution in [0.3, 0.4) is 0 Å². The molecule has 23 heavy (non-hydrogen) atoms. The van der Waals surface area contributed by atoms with E-state index in [0.29, 0.717) is 19.1 Å². The van der Waals surface area contributed by atoms with Gasteiger partial charge in [0.15, 0.2) is 5.96 Å². The van der Waals surface area contributed by atoms with Crippen LogP contribution in [0.1, 0.15) is 23.7 Å². The zero-order valence-electron chi connectivity index (χ0n) is 13.7. The normalized spacial score (nSPS) is 11.2. The molecule has 7 heteroatoms.